The maximum atomic E-state index is 9.51. The van der Waals surface area contributed by atoms with Gasteiger partial charge in [-0.05, 0) is 0 Å². The summed E-state index contributed by atoms with van der Waals surface area (Å²) in [6, 6.07) is 0. The molecule has 0 atom stereocenters. The maximum absolute atomic E-state index is 9.51. The molecule has 4 nitrogen and oxygen atoms in total. The molecule has 6 heavy (non-hydrogen) atoms. The third-order valence-electron chi connectivity index (χ3n) is 0.257. The first-order chi connectivity index (χ1) is 2.81. The number of hydrogen-bond donors (Lipinski definition) is 2. The molecular formula is C2H4NO3-. The van der Waals surface area contributed by atoms with Gasteiger partial charge in [0.2, 0.25) is 5.91 Å². The van der Waals surface area contributed by atoms with Gasteiger partial charge in [-0.15, -0.1) is 0 Å². The molecule has 0 aliphatic rings. The minimum Gasteiger partial charge on any atom is -0.759 e. The molecule has 0 aromatic carbocycles. The van der Waals surface area contributed by atoms with Crippen molar-refractivity contribution in [3.8, 4) is 0 Å². The number of carbonyl (C=O) groups is 1. The Hall–Kier alpha value is -0.610. The summed E-state index contributed by atoms with van der Waals surface area (Å²) in [5.74, 6) is -0.907. The van der Waals surface area contributed by atoms with Gasteiger partial charge in [-0.3, -0.25) is 4.79 Å². The van der Waals surface area contributed by atoms with Crippen LogP contribution in [0.1, 0.15) is 0 Å². The molecule has 0 fully saturated rings. The summed E-state index contributed by atoms with van der Waals surface area (Å²) in [5.41, 5.74) is 0.976. The standard InChI is InChI=1S/C2H4NO3/c4-1-2(5)3-6/h4H,1H2,(H-,3,5,6)/q-1. The highest BCUT2D eigenvalue weighted by Crippen LogP contribution is 1.52. The maximum Gasteiger partial charge on any atom is 0.235 e. The Labute approximate surface area is 34.4 Å². The smallest absolute Gasteiger partial charge is 0.235 e. The van der Waals surface area contributed by atoms with Crippen LogP contribution in [-0.4, -0.2) is 17.6 Å². The van der Waals surface area contributed by atoms with Crippen LogP contribution in [0.25, 0.3) is 0 Å². The molecule has 0 aliphatic heterocycles. The van der Waals surface area contributed by atoms with Crippen molar-refractivity contribution in [2.24, 2.45) is 0 Å². The fourth-order valence-corrected chi connectivity index (χ4v) is 0.0323. The number of amides is 1. The first kappa shape index (κ1) is 5.39. The third-order valence-corrected chi connectivity index (χ3v) is 0.257. The molecule has 4 heteroatoms. The molecule has 0 heterocycles. The first-order valence-corrected chi connectivity index (χ1v) is 1.33. The molecule has 0 radical (unpaired) electrons. The van der Waals surface area contributed by atoms with Gasteiger partial charge >= 0.3 is 0 Å². The predicted molar refractivity (Wildman–Crippen MR) is 18.6 cm³/mol. The van der Waals surface area contributed by atoms with Gasteiger partial charge in [0.05, 0.1) is 0 Å². The fraction of sp³-hybridized carbons (Fsp3) is 0.500. The number of aliphatic hydroxyl groups excluding tert-OH is 1. The van der Waals surface area contributed by atoms with Crippen LogP contribution in [0.2, 0.25) is 0 Å². The molecule has 0 saturated carbocycles. The highest BCUT2D eigenvalue weighted by Gasteiger charge is 1.82. The SMILES string of the molecule is O=C(CO)N[O-]. The quantitative estimate of drug-likeness (QED) is 0.388. The molecule has 36 valence electrons. The van der Waals surface area contributed by atoms with Crippen LogP contribution in [0.3, 0.4) is 0 Å². The normalized spacial score (nSPS) is 7.67. The third kappa shape index (κ3) is 1.68. The van der Waals surface area contributed by atoms with Crippen LogP contribution < -0.4 is 5.48 Å². The average Bonchev–Trinajstić information content (AvgIpc) is 1.65. The minimum atomic E-state index is -0.907. The lowest BCUT2D eigenvalue weighted by Crippen LogP contribution is -2.19. The van der Waals surface area contributed by atoms with Crippen molar-refractivity contribution in [1.29, 1.82) is 0 Å². The Morgan fingerprint density at radius 2 is 2.50 bits per heavy atom. The summed E-state index contributed by atoms with van der Waals surface area (Å²) in [6.07, 6.45) is 0. The number of aliphatic hydroxyl groups is 1. The summed E-state index contributed by atoms with van der Waals surface area (Å²) in [4.78, 5) is 9.51. The highest BCUT2D eigenvalue weighted by molar-refractivity contribution is 5.77. The van der Waals surface area contributed by atoms with Crippen molar-refractivity contribution in [3.05, 3.63) is 5.21 Å². The Bertz CT molecular complexity index is 46.8. The zero-order chi connectivity index (χ0) is 4.99. The summed E-state index contributed by atoms with van der Waals surface area (Å²) in [7, 11) is 0. The lowest BCUT2D eigenvalue weighted by Gasteiger charge is -2.01. The molecule has 0 unspecified atom stereocenters. The van der Waals surface area contributed by atoms with Crippen LogP contribution in [-0.2, 0) is 4.79 Å². The Morgan fingerprint density at radius 1 is 2.00 bits per heavy atom. The number of nitrogens with one attached hydrogen (secondary N) is 1. The van der Waals surface area contributed by atoms with E-state index >= 15 is 0 Å². The Kier molecular flexibility index (Phi) is 2.35. The number of hydrogen-bond acceptors (Lipinski definition) is 3. The van der Waals surface area contributed by atoms with E-state index in [0.29, 0.717) is 0 Å². The van der Waals surface area contributed by atoms with Crippen LogP contribution in [0.15, 0.2) is 0 Å². The van der Waals surface area contributed by atoms with Crippen molar-refractivity contribution < 1.29 is 9.90 Å². The van der Waals surface area contributed by atoms with Gasteiger partial charge in [-0.1, -0.05) is 0 Å². The zero-order valence-electron chi connectivity index (χ0n) is 2.97. The van der Waals surface area contributed by atoms with E-state index in [-0.39, 0.29) is 0 Å². The van der Waals surface area contributed by atoms with E-state index in [0.717, 1.165) is 5.48 Å². The molecule has 0 aromatic rings. The second-order valence-electron chi connectivity index (χ2n) is 0.683. The lowest BCUT2D eigenvalue weighted by molar-refractivity contribution is -0.122. The first-order valence-electron chi connectivity index (χ1n) is 1.33. The fourth-order valence-electron chi connectivity index (χ4n) is 0.0323. The van der Waals surface area contributed by atoms with Crippen molar-refractivity contribution in [2.75, 3.05) is 6.61 Å². The number of carbonyl (C=O) groups excluding carboxylic acids is 1. The Balaban J connectivity index is 2.99. The highest BCUT2D eigenvalue weighted by atomic mass is 16.5. The topological polar surface area (TPSA) is 72.4 Å². The zero-order valence-corrected chi connectivity index (χ0v) is 2.97. The second-order valence-corrected chi connectivity index (χ2v) is 0.683. The second kappa shape index (κ2) is 2.62. The van der Waals surface area contributed by atoms with Crippen LogP contribution in [0, 0.1) is 5.21 Å². The lowest BCUT2D eigenvalue weighted by atomic mass is 10.7. The molecule has 0 aromatic heterocycles. The molecular weight excluding hydrogens is 86.0 g/mol. The van der Waals surface area contributed by atoms with E-state index in [1.165, 1.54) is 0 Å². The molecule has 0 bridgehead atoms. The summed E-state index contributed by atoms with van der Waals surface area (Å²) >= 11 is 0. The van der Waals surface area contributed by atoms with Crippen LogP contribution in [0.5, 0.6) is 0 Å². The minimum absolute atomic E-state index is 0.733. The van der Waals surface area contributed by atoms with Crippen LogP contribution >= 0.6 is 0 Å². The summed E-state index contributed by atoms with van der Waals surface area (Å²) in [5, 5.41) is 16.8. The molecule has 0 spiro atoms. The van der Waals surface area contributed by atoms with Gasteiger partial charge in [0, 0.05) is 0 Å². The molecule has 0 saturated heterocycles. The van der Waals surface area contributed by atoms with Gasteiger partial charge < -0.3 is 15.8 Å². The van der Waals surface area contributed by atoms with Gasteiger partial charge in [-0.2, -0.15) is 0 Å². The van der Waals surface area contributed by atoms with Crippen molar-refractivity contribution in [1.82, 2.24) is 5.48 Å². The van der Waals surface area contributed by atoms with E-state index in [1.54, 1.807) is 0 Å². The van der Waals surface area contributed by atoms with Gasteiger partial charge in [0.1, 0.15) is 6.61 Å². The number of hydroxylamine groups is 1. The van der Waals surface area contributed by atoms with E-state index in [1.807, 2.05) is 0 Å². The van der Waals surface area contributed by atoms with Gasteiger partial charge in [0.25, 0.3) is 0 Å². The largest absolute Gasteiger partial charge is 0.759 e. The van der Waals surface area contributed by atoms with Gasteiger partial charge in [0.15, 0.2) is 0 Å². The van der Waals surface area contributed by atoms with E-state index in [9.17, 15) is 4.79 Å². The molecule has 2 N–H and O–H groups in total. The predicted octanol–water partition coefficient (Wildman–Crippen LogP) is -1.41. The van der Waals surface area contributed by atoms with E-state index < -0.39 is 12.5 Å². The van der Waals surface area contributed by atoms with Crippen molar-refractivity contribution >= 4 is 5.91 Å². The van der Waals surface area contributed by atoms with Crippen molar-refractivity contribution in [2.45, 2.75) is 0 Å². The monoisotopic (exact) mass is 90.0 g/mol. The Morgan fingerprint density at radius 3 is 2.50 bits per heavy atom. The van der Waals surface area contributed by atoms with Crippen molar-refractivity contribution in [3.63, 3.8) is 0 Å². The summed E-state index contributed by atoms with van der Waals surface area (Å²) in [6.45, 7) is -0.733. The van der Waals surface area contributed by atoms with E-state index in [2.05, 4.69) is 0 Å². The molecule has 1 amide bonds. The average molecular weight is 90.1 g/mol. The summed E-state index contributed by atoms with van der Waals surface area (Å²) < 4.78 is 0. The van der Waals surface area contributed by atoms with E-state index in [4.69, 9.17) is 10.3 Å². The molecule has 0 rings (SSSR count). The van der Waals surface area contributed by atoms with Crippen LogP contribution in [0.4, 0.5) is 0 Å². The van der Waals surface area contributed by atoms with Gasteiger partial charge in [-0.25, -0.2) is 0 Å². The number of rotatable bonds is 1. The molecule has 0 aliphatic carbocycles.